The van der Waals surface area contributed by atoms with Crippen LogP contribution in [0.25, 0.3) is 0 Å². The first-order valence-corrected chi connectivity index (χ1v) is 30.0. The van der Waals surface area contributed by atoms with Crippen LogP contribution in [0.5, 0.6) is 0 Å². The zero-order valence-electron chi connectivity index (χ0n) is 41.1. The van der Waals surface area contributed by atoms with Crippen LogP contribution in [0.15, 0.2) is 91.0 Å². The Morgan fingerprint density at radius 3 is 1.42 bits per heavy atom. The summed E-state index contributed by atoms with van der Waals surface area (Å²) in [6.45, 7) is 0.522. The van der Waals surface area contributed by atoms with Crippen LogP contribution in [-0.2, 0) is 62.1 Å². The van der Waals surface area contributed by atoms with Crippen LogP contribution in [0.1, 0.15) is 51.9 Å². The van der Waals surface area contributed by atoms with E-state index in [1.807, 2.05) is 54.6 Å². The third-order valence-corrected chi connectivity index (χ3v) is 23.8. The molecule has 0 saturated carbocycles. The average Bonchev–Trinajstić information content (AvgIpc) is 3.40. The number of benzene rings is 3. The monoisotopic (exact) mass is 1120 g/mol. The molecule has 3 aromatic carbocycles. The number of carbonyl (C=O) groups is 9. The Bertz CT molecular complexity index is 2170. The van der Waals surface area contributed by atoms with Crippen LogP contribution in [0, 0.1) is 0 Å². The van der Waals surface area contributed by atoms with E-state index >= 15 is 0 Å². The summed E-state index contributed by atoms with van der Waals surface area (Å²) in [6, 6.07) is 26.9. The normalized spacial score (nSPS) is 13.2. The molecule has 0 fully saturated rings. The molecule has 0 radical (unpaired) electrons. The molecule has 394 valence electrons. The van der Waals surface area contributed by atoms with Gasteiger partial charge in [0.25, 0.3) is 0 Å². The summed E-state index contributed by atoms with van der Waals surface area (Å²) in [5, 5.41) is 16.2. The fraction of sp³-hybridized carbons (Fsp3) is 0.449. The van der Waals surface area contributed by atoms with Crippen molar-refractivity contribution in [2.45, 2.75) is 76.0 Å². The number of halogens is 1. The minimum atomic E-state index is -3.20. The van der Waals surface area contributed by atoms with Gasteiger partial charge in [-0.25, -0.2) is 4.79 Å². The van der Waals surface area contributed by atoms with E-state index in [-0.39, 0.29) is 49.6 Å². The molecule has 0 saturated heterocycles. The van der Waals surface area contributed by atoms with Crippen molar-refractivity contribution >= 4 is 112 Å². The maximum absolute atomic E-state index is 13.4. The molecule has 0 unspecified atom stereocenters. The molecule has 6 N–H and O–H groups in total. The molecule has 19 nitrogen and oxygen atoms in total. The third-order valence-electron chi connectivity index (χ3n) is 11.3. The van der Waals surface area contributed by atoms with Crippen LogP contribution < -0.4 is 47.8 Å². The molecule has 4 atom stereocenters. The third kappa shape index (κ3) is 19.1. The van der Waals surface area contributed by atoms with Gasteiger partial charge in [0, 0.05) is 24.9 Å². The van der Waals surface area contributed by atoms with E-state index in [1.54, 1.807) is 0 Å². The molecule has 0 aliphatic rings. The van der Waals surface area contributed by atoms with Crippen LogP contribution in [0.3, 0.4) is 0 Å². The number of amides is 5. The molecule has 3 aromatic rings. The van der Waals surface area contributed by atoms with Gasteiger partial charge < -0.3 is 35.5 Å². The molecule has 0 aromatic heterocycles. The first-order valence-electron chi connectivity index (χ1n) is 23.1. The van der Waals surface area contributed by atoms with Crippen molar-refractivity contribution in [1.29, 1.82) is 0 Å². The molecule has 0 spiro atoms. The molecular weight excluding hydrogens is 1060 g/mol. The molecule has 0 aliphatic heterocycles. The molecule has 72 heavy (non-hydrogen) atoms. The number of ether oxygens (including phenoxy) is 4. The predicted molar refractivity (Wildman–Crippen MR) is 284 cm³/mol. The number of rotatable bonds is 32. The Labute approximate surface area is 436 Å². The molecule has 0 heterocycles. The summed E-state index contributed by atoms with van der Waals surface area (Å²) < 4.78 is 19.0. The first kappa shape index (κ1) is 60.8. The van der Waals surface area contributed by atoms with Gasteiger partial charge in [-0.15, -0.1) is 0 Å². The fourth-order valence-corrected chi connectivity index (χ4v) is 17.6. The van der Waals surface area contributed by atoms with Gasteiger partial charge in [-0.3, -0.25) is 28.8 Å². The van der Waals surface area contributed by atoms with Crippen molar-refractivity contribution in [3.05, 3.63) is 91.0 Å². The number of hydrogen-bond donors (Lipinski definition) is 6. The zero-order chi connectivity index (χ0) is 53.0. The van der Waals surface area contributed by atoms with Gasteiger partial charge >= 0.3 is 246 Å². The van der Waals surface area contributed by atoms with Crippen molar-refractivity contribution in [3.8, 4) is 0 Å². The van der Waals surface area contributed by atoms with Gasteiger partial charge in [0.2, 0.25) is 23.6 Å². The maximum atomic E-state index is 13.4. The summed E-state index contributed by atoms with van der Waals surface area (Å²) in [5.41, 5.74) is 0. The van der Waals surface area contributed by atoms with Crippen LogP contribution in [-0.4, -0.2) is 143 Å². The summed E-state index contributed by atoms with van der Waals surface area (Å²) in [7, 11) is 6.99. The molecular formula is C49H66BrN6O13PS2. The van der Waals surface area contributed by atoms with Gasteiger partial charge in [-0.05, 0) is 6.42 Å². The second-order valence-electron chi connectivity index (χ2n) is 16.3. The first-order chi connectivity index (χ1) is 34.5. The summed E-state index contributed by atoms with van der Waals surface area (Å²) >= 11 is 4.45. The Kier molecular flexibility index (Phi) is 26.9. The number of carbonyl (C=O) groups excluding carboxylic acids is 9. The second-order valence-corrected chi connectivity index (χ2v) is 27.9. The second kappa shape index (κ2) is 31.8. The molecule has 0 bridgehead atoms. The molecule has 5 amide bonds. The van der Waals surface area contributed by atoms with E-state index < -0.39 is 90.1 Å². The Hall–Kier alpha value is -5.54. The molecule has 3 rings (SSSR count). The summed E-state index contributed by atoms with van der Waals surface area (Å²) in [4.78, 5) is 113. The van der Waals surface area contributed by atoms with Crippen molar-refractivity contribution in [2.75, 3.05) is 65.7 Å². The van der Waals surface area contributed by atoms with E-state index in [9.17, 15) is 43.2 Å². The zero-order valence-corrected chi connectivity index (χ0v) is 45.2. The van der Waals surface area contributed by atoms with Gasteiger partial charge in [0.1, 0.15) is 25.2 Å². The molecule has 0 aliphatic carbocycles. The SMILES string of the molecule is COC(=O)CNC(=O)[C@H](CSSC[C@H](NC(=O)CC[C@H](NC(C)=O)C(=O)OC)C(=O)NCC(=O)OC)NCCC[C@H](NC(=O)CCCCP(Br)(c1ccccc1)(c1ccccc1)c1ccccc1)C(=O)OC. The fourth-order valence-electron chi connectivity index (χ4n) is 7.52. The topological polar surface area (TPSA) is 263 Å². The predicted octanol–water partition coefficient (Wildman–Crippen LogP) is 2.30. The van der Waals surface area contributed by atoms with E-state index in [4.69, 9.17) is 9.47 Å². The standard InChI is InChI=1S/C49H66BrN6O13PS2/c1-34(57)54-39(49(65)69-5)26-27-43(59)56-41(47(63)53-31-45(61)67-3)33-72-71-32-40(46(62)52-30-44(60)66-2)51-28-17-24-38(48(64)68-4)55-42(58)25-15-16-29-70(50,35-18-9-6-10-19-35,36-20-11-7-12-21-36)37-22-13-8-14-23-37/h6-14,18-23,38-41,51H,15-17,24-33H2,1-5H3,(H,52,62)(H,53,63)(H,54,57)(H,55,58)(H,56,59)/t38-,39-,40-,41-/m0/s1. The van der Waals surface area contributed by atoms with Crippen molar-refractivity contribution in [3.63, 3.8) is 0 Å². The quantitative estimate of drug-likeness (QED) is 0.0172. The van der Waals surface area contributed by atoms with Gasteiger partial charge in [0.05, 0.1) is 21.3 Å². The number of methoxy groups -OCH3 is 4. The van der Waals surface area contributed by atoms with Crippen molar-refractivity contribution in [2.24, 2.45) is 0 Å². The van der Waals surface area contributed by atoms with Gasteiger partial charge in [-0.2, -0.15) is 0 Å². The number of esters is 4. The number of hydrogen-bond acceptors (Lipinski definition) is 16. The average molecular weight is 1120 g/mol. The van der Waals surface area contributed by atoms with Crippen LogP contribution in [0.4, 0.5) is 0 Å². The van der Waals surface area contributed by atoms with E-state index in [0.29, 0.717) is 19.3 Å². The van der Waals surface area contributed by atoms with Gasteiger partial charge in [-0.1, -0.05) is 21.6 Å². The van der Waals surface area contributed by atoms with E-state index in [1.165, 1.54) is 37.1 Å². The van der Waals surface area contributed by atoms with Crippen molar-refractivity contribution < 1.29 is 62.1 Å². The van der Waals surface area contributed by atoms with Crippen molar-refractivity contribution in [1.82, 2.24) is 31.9 Å². The van der Waals surface area contributed by atoms with Crippen LogP contribution in [0.2, 0.25) is 0 Å². The summed E-state index contributed by atoms with van der Waals surface area (Å²) in [5.74, 6) is -5.46. The minimum absolute atomic E-state index is 0.0429. The van der Waals surface area contributed by atoms with E-state index in [0.717, 1.165) is 42.0 Å². The Balaban J connectivity index is 1.64. The van der Waals surface area contributed by atoms with Crippen LogP contribution >= 0.6 is 42.4 Å². The number of unbranched alkanes of at least 4 members (excludes halogenated alkanes) is 1. The summed E-state index contributed by atoms with van der Waals surface area (Å²) in [6.07, 6.45) is 2.21. The Morgan fingerprint density at radius 1 is 0.528 bits per heavy atom. The van der Waals surface area contributed by atoms with E-state index in [2.05, 4.69) is 93.3 Å². The molecule has 23 heteroatoms. The number of nitrogens with one attached hydrogen (secondary N) is 6. The van der Waals surface area contributed by atoms with Gasteiger partial charge in [0.15, 0.2) is 0 Å². The Morgan fingerprint density at radius 2 is 0.958 bits per heavy atom.